The molecule has 0 aliphatic heterocycles. The van der Waals surface area contributed by atoms with E-state index in [1.54, 1.807) is 0 Å². The molecule has 0 bridgehead atoms. The van der Waals surface area contributed by atoms with Crippen LogP contribution in [0.25, 0.3) is 22.0 Å². The molecular weight excluding hydrogens is 208 g/mol. The molecule has 1 aromatic heterocycles. The van der Waals surface area contributed by atoms with Crippen LogP contribution < -0.4 is 5.73 Å². The second-order valence-corrected chi connectivity index (χ2v) is 4.04. The van der Waals surface area contributed by atoms with Gasteiger partial charge < -0.3 is 5.73 Å². The van der Waals surface area contributed by atoms with Crippen molar-refractivity contribution in [1.29, 1.82) is 0 Å². The number of nitrogens with zero attached hydrogens (tertiary/aromatic N) is 1. The van der Waals surface area contributed by atoms with Gasteiger partial charge in [0.05, 0.1) is 5.52 Å². The van der Waals surface area contributed by atoms with Gasteiger partial charge in [-0.2, -0.15) is 0 Å². The number of rotatable bonds is 1. The lowest BCUT2D eigenvalue weighted by Crippen LogP contribution is -1.85. The molecule has 3 rings (SSSR count). The maximum Gasteiger partial charge on any atom is 0.0702 e. The van der Waals surface area contributed by atoms with Crippen LogP contribution in [0, 0.1) is 0 Å². The predicted molar refractivity (Wildman–Crippen MR) is 71.6 cm³/mol. The number of nitrogen functional groups attached to an aromatic ring is 1. The van der Waals surface area contributed by atoms with E-state index in [1.165, 1.54) is 0 Å². The largest absolute Gasteiger partial charge is 0.399 e. The Morgan fingerprint density at radius 1 is 0.824 bits per heavy atom. The minimum Gasteiger partial charge on any atom is -0.399 e. The number of hydrogen-bond donors (Lipinski definition) is 1. The number of aromatic nitrogens is 1. The first-order chi connectivity index (χ1) is 8.33. The Bertz CT molecular complexity index is 657. The van der Waals surface area contributed by atoms with Gasteiger partial charge in [-0.15, -0.1) is 0 Å². The van der Waals surface area contributed by atoms with E-state index in [0.29, 0.717) is 0 Å². The summed E-state index contributed by atoms with van der Waals surface area (Å²) in [6.45, 7) is 0. The number of benzene rings is 2. The predicted octanol–water partition coefficient (Wildman–Crippen LogP) is 3.48. The fourth-order valence-electron chi connectivity index (χ4n) is 1.90. The molecule has 82 valence electrons. The van der Waals surface area contributed by atoms with Crippen molar-refractivity contribution in [3.05, 3.63) is 60.8 Å². The number of fused-ring (bicyclic) bond motifs is 1. The molecule has 0 saturated heterocycles. The van der Waals surface area contributed by atoms with E-state index in [2.05, 4.69) is 17.1 Å². The molecule has 0 spiro atoms. The smallest absolute Gasteiger partial charge is 0.0702 e. The maximum atomic E-state index is 5.68. The molecule has 1 heterocycles. The fourth-order valence-corrected chi connectivity index (χ4v) is 1.90. The highest BCUT2D eigenvalue weighted by Gasteiger charge is 2.00. The summed E-state index contributed by atoms with van der Waals surface area (Å²) >= 11 is 0. The molecule has 0 fully saturated rings. The SMILES string of the molecule is Nc1ccc(-c2cnc3ccccc3c2)cc1. The summed E-state index contributed by atoms with van der Waals surface area (Å²) in [5, 5.41) is 1.15. The molecule has 2 heteroatoms. The molecule has 0 aliphatic rings. The first-order valence-corrected chi connectivity index (χ1v) is 5.54. The summed E-state index contributed by atoms with van der Waals surface area (Å²) in [6, 6.07) is 18.1. The third-order valence-electron chi connectivity index (χ3n) is 2.83. The first kappa shape index (κ1) is 9.85. The molecule has 0 aliphatic carbocycles. The van der Waals surface area contributed by atoms with Crippen molar-refractivity contribution in [2.24, 2.45) is 0 Å². The Kier molecular flexibility index (Phi) is 2.26. The zero-order valence-electron chi connectivity index (χ0n) is 9.30. The Balaban J connectivity index is 2.14. The average Bonchev–Trinajstić information content (AvgIpc) is 2.39. The molecule has 0 amide bonds. The van der Waals surface area contributed by atoms with Gasteiger partial charge in [0.15, 0.2) is 0 Å². The molecule has 0 saturated carbocycles. The Labute approximate surface area is 99.7 Å². The summed E-state index contributed by atoms with van der Waals surface area (Å²) < 4.78 is 0. The van der Waals surface area contributed by atoms with Crippen LogP contribution in [0.5, 0.6) is 0 Å². The van der Waals surface area contributed by atoms with Crippen LogP contribution in [-0.4, -0.2) is 4.98 Å². The van der Waals surface area contributed by atoms with E-state index < -0.39 is 0 Å². The van der Waals surface area contributed by atoms with E-state index in [9.17, 15) is 0 Å². The summed E-state index contributed by atoms with van der Waals surface area (Å²) in [6.07, 6.45) is 1.90. The highest BCUT2D eigenvalue weighted by atomic mass is 14.6. The Morgan fingerprint density at radius 3 is 2.41 bits per heavy atom. The van der Waals surface area contributed by atoms with Crippen molar-refractivity contribution in [2.45, 2.75) is 0 Å². The van der Waals surface area contributed by atoms with Crippen LogP contribution in [0.15, 0.2) is 60.8 Å². The quantitative estimate of drug-likeness (QED) is 0.637. The lowest BCUT2D eigenvalue weighted by Gasteiger charge is -2.03. The second-order valence-electron chi connectivity index (χ2n) is 4.04. The van der Waals surface area contributed by atoms with Gasteiger partial charge in [-0.3, -0.25) is 4.98 Å². The van der Waals surface area contributed by atoms with Gasteiger partial charge >= 0.3 is 0 Å². The highest BCUT2D eigenvalue weighted by Crippen LogP contribution is 2.23. The molecule has 2 aromatic carbocycles. The van der Waals surface area contributed by atoms with Crippen LogP contribution in [0.4, 0.5) is 5.69 Å². The normalized spacial score (nSPS) is 10.6. The molecule has 3 aromatic rings. The van der Waals surface area contributed by atoms with E-state index in [0.717, 1.165) is 27.7 Å². The van der Waals surface area contributed by atoms with E-state index in [-0.39, 0.29) is 0 Å². The molecule has 2 nitrogen and oxygen atoms in total. The third-order valence-corrected chi connectivity index (χ3v) is 2.83. The van der Waals surface area contributed by atoms with Gasteiger partial charge in [0.1, 0.15) is 0 Å². The number of anilines is 1. The van der Waals surface area contributed by atoms with Gasteiger partial charge in [-0.1, -0.05) is 30.3 Å². The third kappa shape index (κ3) is 1.85. The van der Waals surface area contributed by atoms with Crippen molar-refractivity contribution in [3.63, 3.8) is 0 Å². The zero-order chi connectivity index (χ0) is 11.7. The van der Waals surface area contributed by atoms with Crippen LogP contribution in [0.2, 0.25) is 0 Å². The van der Waals surface area contributed by atoms with Crippen molar-refractivity contribution in [3.8, 4) is 11.1 Å². The molecule has 17 heavy (non-hydrogen) atoms. The fraction of sp³-hybridized carbons (Fsp3) is 0. The second kappa shape index (κ2) is 3.91. The summed E-state index contributed by atoms with van der Waals surface area (Å²) in [5.41, 5.74) is 9.73. The average molecular weight is 220 g/mol. The van der Waals surface area contributed by atoms with Crippen molar-refractivity contribution in [1.82, 2.24) is 4.98 Å². The van der Waals surface area contributed by atoms with Gasteiger partial charge in [0.2, 0.25) is 0 Å². The first-order valence-electron chi connectivity index (χ1n) is 5.54. The van der Waals surface area contributed by atoms with Gasteiger partial charge in [-0.05, 0) is 29.8 Å². The maximum absolute atomic E-state index is 5.68. The molecular formula is C15H12N2. The Morgan fingerprint density at radius 2 is 1.59 bits per heavy atom. The molecule has 2 N–H and O–H groups in total. The van der Waals surface area contributed by atoms with Crippen LogP contribution >= 0.6 is 0 Å². The van der Waals surface area contributed by atoms with E-state index in [4.69, 9.17) is 5.73 Å². The van der Waals surface area contributed by atoms with Crippen LogP contribution in [-0.2, 0) is 0 Å². The van der Waals surface area contributed by atoms with Crippen LogP contribution in [0.3, 0.4) is 0 Å². The molecule has 0 unspecified atom stereocenters. The summed E-state index contributed by atoms with van der Waals surface area (Å²) in [5.74, 6) is 0. The van der Waals surface area contributed by atoms with E-state index in [1.807, 2.05) is 48.7 Å². The summed E-state index contributed by atoms with van der Waals surface area (Å²) in [4.78, 5) is 4.45. The number of nitrogens with two attached hydrogens (primary N) is 1. The minimum atomic E-state index is 0.780. The van der Waals surface area contributed by atoms with Gasteiger partial charge in [0, 0.05) is 22.8 Å². The van der Waals surface area contributed by atoms with Crippen LogP contribution in [0.1, 0.15) is 0 Å². The van der Waals surface area contributed by atoms with Gasteiger partial charge in [0.25, 0.3) is 0 Å². The van der Waals surface area contributed by atoms with Gasteiger partial charge in [-0.25, -0.2) is 0 Å². The zero-order valence-corrected chi connectivity index (χ0v) is 9.30. The number of para-hydroxylation sites is 1. The number of pyridine rings is 1. The lowest BCUT2D eigenvalue weighted by molar-refractivity contribution is 1.41. The van der Waals surface area contributed by atoms with Crippen molar-refractivity contribution < 1.29 is 0 Å². The molecule has 0 atom stereocenters. The molecule has 0 radical (unpaired) electrons. The summed E-state index contributed by atoms with van der Waals surface area (Å²) in [7, 11) is 0. The standard InChI is InChI=1S/C15H12N2/c16-14-7-5-11(6-8-14)13-9-12-3-1-2-4-15(12)17-10-13/h1-10H,16H2. The van der Waals surface area contributed by atoms with Crippen molar-refractivity contribution >= 4 is 16.6 Å². The van der Waals surface area contributed by atoms with Crippen molar-refractivity contribution in [2.75, 3.05) is 5.73 Å². The topological polar surface area (TPSA) is 38.9 Å². The monoisotopic (exact) mass is 220 g/mol. The number of hydrogen-bond acceptors (Lipinski definition) is 2. The van der Waals surface area contributed by atoms with E-state index >= 15 is 0 Å². The lowest BCUT2D eigenvalue weighted by atomic mass is 10.1. The Hall–Kier alpha value is -2.35. The highest BCUT2D eigenvalue weighted by molar-refractivity contribution is 5.83. The minimum absolute atomic E-state index is 0.780.